The molecule has 1 aliphatic carbocycles. The van der Waals surface area contributed by atoms with Crippen LogP contribution in [0, 0.1) is 17.0 Å². The summed E-state index contributed by atoms with van der Waals surface area (Å²) in [6.07, 6.45) is 0.588. The molecular weight excluding hydrogens is 338 g/mol. The van der Waals surface area contributed by atoms with Gasteiger partial charge in [0.1, 0.15) is 5.69 Å². The lowest BCUT2D eigenvalue weighted by Gasteiger charge is -2.15. The summed E-state index contributed by atoms with van der Waals surface area (Å²) < 4.78 is 32.2. The highest BCUT2D eigenvalue weighted by Crippen LogP contribution is 2.38. The minimum atomic E-state index is -3.90. The zero-order valence-electron chi connectivity index (χ0n) is 13.6. The maximum Gasteiger partial charge on any atom is 0.411 e. The van der Waals surface area contributed by atoms with Gasteiger partial charge in [-0.25, -0.2) is 17.9 Å². The Labute approximate surface area is 139 Å². The highest BCUT2D eigenvalue weighted by atomic mass is 32.2. The van der Waals surface area contributed by atoms with E-state index in [0.717, 1.165) is 12.8 Å². The summed E-state index contributed by atoms with van der Waals surface area (Å²) in [6, 6.07) is 2.42. The predicted molar refractivity (Wildman–Crippen MR) is 86.4 cm³/mol. The van der Waals surface area contributed by atoms with Crippen molar-refractivity contribution in [3.8, 4) is 0 Å². The van der Waals surface area contributed by atoms with Crippen LogP contribution in [0.1, 0.15) is 32.3 Å². The van der Waals surface area contributed by atoms with Crippen molar-refractivity contribution in [1.82, 2.24) is 4.72 Å². The lowest BCUT2D eigenvalue weighted by Crippen LogP contribution is -2.34. The maximum atomic E-state index is 12.5. The Kier molecular flexibility index (Phi) is 4.81. The second-order valence-corrected chi connectivity index (χ2v) is 7.50. The van der Waals surface area contributed by atoms with Gasteiger partial charge in [0.05, 0.1) is 16.4 Å². The van der Waals surface area contributed by atoms with E-state index in [-0.39, 0.29) is 22.8 Å². The second kappa shape index (κ2) is 6.36. The molecule has 0 aromatic heterocycles. The number of ether oxygens (including phenoxy) is 1. The summed E-state index contributed by atoms with van der Waals surface area (Å²) in [4.78, 5) is 21.9. The van der Waals surface area contributed by atoms with E-state index in [2.05, 4.69) is 14.8 Å². The van der Waals surface area contributed by atoms with E-state index in [4.69, 9.17) is 0 Å². The van der Waals surface area contributed by atoms with Crippen LogP contribution in [0.4, 0.5) is 16.2 Å². The Bertz CT molecular complexity index is 786. The molecule has 0 saturated heterocycles. The van der Waals surface area contributed by atoms with Gasteiger partial charge in [0.25, 0.3) is 5.69 Å². The van der Waals surface area contributed by atoms with E-state index in [1.54, 1.807) is 13.8 Å². The van der Waals surface area contributed by atoms with Gasteiger partial charge < -0.3 is 4.74 Å². The number of carbonyl (C=O) groups is 1. The number of hydrogen-bond acceptors (Lipinski definition) is 6. The molecule has 1 amide bonds. The van der Waals surface area contributed by atoms with E-state index < -0.39 is 32.3 Å². The van der Waals surface area contributed by atoms with Gasteiger partial charge >= 0.3 is 6.09 Å². The fourth-order valence-corrected chi connectivity index (χ4v) is 3.96. The normalized spacial score (nSPS) is 15.6. The molecule has 2 N–H and O–H groups in total. The molecule has 132 valence electrons. The molecule has 0 radical (unpaired) electrons. The van der Waals surface area contributed by atoms with Crippen LogP contribution in [0.2, 0.25) is 0 Å². The molecule has 0 unspecified atom stereocenters. The van der Waals surface area contributed by atoms with E-state index in [0.29, 0.717) is 0 Å². The van der Waals surface area contributed by atoms with Crippen LogP contribution in [0.25, 0.3) is 0 Å². The summed E-state index contributed by atoms with van der Waals surface area (Å²) in [5.41, 5.74) is -1.15. The number of sulfonamides is 1. The second-order valence-electron chi connectivity index (χ2n) is 5.85. The van der Waals surface area contributed by atoms with Crippen molar-refractivity contribution in [1.29, 1.82) is 0 Å². The number of nitro benzene ring substituents is 1. The summed E-state index contributed by atoms with van der Waals surface area (Å²) in [5, 5.41) is 13.6. The molecule has 0 atom stereocenters. The van der Waals surface area contributed by atoms with Crippen LogP contribution < -0.4 is 10.0 Å². The fraction of sp³-hybridized carbons (Fsp3) is 0.500. The molecule has 9 nitrogen and oxygen atoms in total. The summed E-state index contributed by atoms with van der Waals surface area (Å²) in [5.74, 6) is 0. The summed E-state index contributed by atoms with van der Waals surface area (Å²) >= 11 is 0. The van der Waals surface area contributed by atoms with Gasteiger partial charge in [-0.05, 0) is 45.7 Å². The zero-order valence-corrected chi connectivity index (χ0v) is 14.4. The van der Waals surface area contributed by atoms with Gasteiger partial charge in [0.15, 0.2) is 0 Å². The molecule has 1 aromatic carbocycles. The molecule has 10 heteroatoms. The van der Waals surface area contributed by atoms with Gasteiger partial charge in [-0.15, -0.1) is 0 Å². The lowest BCUT2D eigenvalue weighted by molar-refractivity contribution is -0.384. The Hall–Kier alpha value is -2.20. The first-order valence-corrected chi connectivity index (χ1v) is 8.84. The summed E-state index contributed by atoms with van der Waals surface area (Å²) in [7, 11) is -3.90. The zero-order chi connectivity index (χ0) is 18.1. The van der Waals surface area contributed by atoms with Gasteiger partial charge in [0.2, 0.25) is 10.0 Å². The quantitative estimate of drug-likeness (QED) is 0.594. The van der Waals surface area contributed by atoms with E-state index in [9.17, 15) is 23.3 Å². The molecule has 1 saturated carbocycles. The molecule has 0 heterocycles. The van der Waals surface area contributed by atoms with Crippen LogP contribution in [-0.4, -0.2) is 31.6 Å². The Morgan fingerprint density at radius 3 is 2.54 bits per heavy atom. The lowest BCUT2D eigenvalue weighted by atomic mass is 10.1. The van der Waals surface area contributed by atoms with Gasteiger partial charge in [-0.1, -0.05) is 0 Å². The molecular formula is C14H19N3O6S. The van der Waals surface area contributed by atoms with Crippen molar-refractivity contribution >= 4 is 27.5 Å². The first-order chi connectivity index (χ1) is 11.1. The number of nitrogens with one attached hydrogen (secondary N) is 2. The average Bonchev–Trinajstić information content (AvgIpc) is 3.14. The van der Waals surface area contributed by atoms with Crippen molar-refractivity contribution in [2.75, 3.05) is 11.9 Å². The molecule has 0 bridgehead atoms. The number of rotatable bonds is 6. The minimum absolute atomic E-state index is 0.0500. The number of nitro groups is 1. The van der Waals surface area contributed by atoms with Crippen molar-refractivity contribution in [3.05, 3.63) is 27.8 Å². The first-order valence-electron chi connectivity index (χ1n) is 7.35. The standard InChI is InChI=1S/C14H19N3O6S/c1-4-23-13(18)15-10-5-6-11(9(2)12(10)17(19)20)24(21,22)16-14(3)7-8-14/h5-6,16H,4,7-8H2,1-3H3,(H,15,18). The first kappa shape index (κ1) is 18.1. The van der Waals surface area contributed by atoms with Crippen molar-refractivity contribution in [2.24, 2.45) is 0 Å². The van der Waals surface area contributed by atoms with Crippen molar-refractivity contribution in [3.63, 3.8) is 0 Å². The highest BCUT2D eigenvalue weighted by Gasteiger charge is 2.42. The smallest absolute Gasteiger partial charge is 0.411 e. The number of nitrogens with zero attached hydrogens (tertiary/aromatic N) is 1. The molecule has 1 aliphatic rings. The number of carbonyl (C=O) groups excluding carboxylic acids is 1. The number of amides is 1. The predicted octanol–water partition coefficient (Wildman–Crippen LogP) is 2.30. The monoisotopic (exact) mass is 357 g/mol. The molecule has 0 spiro atoms. The Morgan fingerprint density at radius 1 is 1.42 bits per heavy atom. The topological polar surface area (TPSA) is 128 Å². The summed E-state index contributed by atoms with van der Waals surface area (Å²) in [6.45, 7) is 4.80. The molecule has 2 rings (SSSR count). The third-order valence-electron chi connectivity index (χ3n) is 3.75. The molecule has 0 aliphatic heterocycles. The van der Waals surface area contributed by atoms with Gasteiger partial charge in [-0.2, -0.15) is 0 Å². The average molecular weight is 357 g/mol. The molecule has 24 heavy (non-hydrogen) atoms. The van der Waals surface area contributed by atoms with Gasteiger partial charge in [0, 0.05) is 11.1 Å². The van der Waals surface area contributed by atoms with Crippen LogP contribution in [0.3, 0.4) is 0 Å². The number of hydrogen-bond donors (Lipinski definition) is 2. The number of benzene rings is 1. The van der Waals surface area contributed by atoms with Crippen LogP contribution >= 0.6 is 0 Å². The maximum absolute atomic E-state index is 12.5. The van der Waals surface area contributed by atoms with Crippen LogP contribution in [-0.2, 0) is 14.8 Å². The van der Waals surface area contributed by atoms with E-state index >= 15 is 0 Å². The number of anilines is 1. The third-order valence-corrected chi connectivity index (χ3v) is 5.53. The Morgan fingerprint density at radius 2 is 2.04 bits per heavy atom. The Balaban J connectivity index is 2.44. The SMILES string of the molecule is CCOC(=O)Nc1ccc(S(=O)(=O)NC2(C)CC2)c(C)c1[N+](=O)[O-]. The van der Waals surface area contributed by atoms with Crippen molar-refractivity contribution in [2.45, 2.75) is 44.0 Å². The van der Waals surface area contributed by atoms with Gasteiger partial charge in [-0.3, -0.25) is 15.4 Å². The van der Waals surface area contributed by atoms with E-state index in [1.165, 1.54) is 19.1 Å². The third kappa shape index (κ3) is 3.82. The minimum Gasteiger partial charge on any atom is -0.450 e. The van der Waals surface area contributed by atoms with E-state index in [1.807, 2.05) is 0 Å². The van der Waals surface area contributed by atoms with Crippen molar-refractivity contribution < 1.29 is 22.9 Å². The molecule has 1 aromatic rings. The largest absolute Gasteiger partial charge is 0.450 e. The molecule has 1 fully saturated rings. The van der Waals surface area contributed by atoms with Crippen LogP contribution in [0.15, 0.2) is 17.0 Å². The fourth-order valence-electron chi connectivity index (χ4n) is 2.25. The van der Waals surface area contributed by atoms with Crippen LogP contribution in [0.5, 0.6) is 0 Å². The highest BCUT2D eigenvalue weighted by molar-refractivity contribution is 7.89.